The lowest BCUT2D eigenvalue weighted by Crippen LogP contribution is -2.26. The summed E-state index contributed by atoms with van der Waals surface area (Å²) in [7, 11) is 0. The molecule has 5 nitrogen and oxygen atoms in total. The average Bonchev–Trinajstić information content (AvgIpc) is 2.72. The average molecular weight is 298 g/mol. The largest absolute Gasteiger partial charge is 0.356 e. The van der Waals surface area contributed by atoms with E-state index in [1.54, 1.807) is 0 Å². The molecule has 17 heavy (non-hydrogen) atoms. The lowest BCUT2D eigenvalue weighted by Gasteiger charge is -2.05. The molecule has 0 aliphatic rings. The van der Waals surface area contributed by atoms with Crippen molar-refractivity contribution in [3.05, 3.63) is 34.9 Å². The van der Waals surface area contributed by atoms with Crippen molar-refractivity contribution < 1.29 is 9.63 Å². The van der Waals surface area contributed by atoms with E-state index < -0.39 is 0 Å². The highest BCUT2D eigenvalue weighted by Gasteiger charge is 2.06. The van der Waals surface area contributed by atoms with Crippen LogP contribution in [0.4, 0.5) is 0 Å². The second-order valence-electron chi connectivity index (χ2n) is 3.52. The maximum atomic E-state index is 11.2. The van der Waals surface area contributed by atoms with Crippen molar-refractivity contribution in [2.24, 2.45) is 5.84 Å². The van der Waals surface area contributed by atoms with Crippen molar-refractivity contribution in [2.75, 3.05) is 0 Å². The van der Waals surface area contributed by atoms with Crippen molar-refractivity contribution in [1.29, 1.82) is 0 Å². The molecule has 0 radical (unpaired) electrons. The summed E-state index contributed by atoms with van der Waals surface area (Å²) in [5.41, 5.74) is 2.95. The number of nitrogens with zero attached hydrogens (tertiary/aromatic N) is 1. The molecule has 0 aliphatic heterocycles. The summed E-state index contributed by atoms with van der Waals surface area (Å²) in [4.78, 5) is 15.6. The highest BCUT2D eigenvalue weighted by atomic mass is 79.9. The molecule has 2 aromatic rings. The Morgan fingerprint density at radius 2 is 2.29 bits per heavy atom. The Morgan fingerprint density at radius 1 is 1.47 bits per heavy atom. The van der Waals surface area contributed by atoms with Crippen LogP contribution in [-0.2, 0) is 16.2 Å². The Balaban J connectivity index is 2.14. The highest BCUT2D eigenvalue weighted by molar-refractivity contribution is 9.10. The van der Waals surface area contributed by atoms with Crippen LogP contribution in [0.3, 0.4) is 0 Å². The number of nitrogens with two attached hydrogens (primary N) is 1. The molecule has 0 bridgehead atoms. The molecule has 3 N–H and O–H groups in total. The van der Waals surface area contributed by atoms with E-state index in [2.05, 4.69) is 20.8 Å². The van der Waals surface area contributed by atoms with Crippen LogP contribution in [0.15, 0.2) is 34.9 Å². The van der Waals surface area contributed by atoms with E-state index >= 15 is 0 Å². The molecule has 0 fully saturated rings. The Morgan fingerprint density at radius 3 is 3.06 bits per heavy atom. The monoisotopic (exact) mass is 297 g/mol. The number of nitrogens with one attached hydrogen (secondary N) is 1. The lowest BCUT2D eigenvalue weighted by atomic mass is 10.2. The minimum absolute atomic E-state index is 0.264. The van der Waals surface area contributed by atoms with Gasteiger partial charge in [0.25, 0.3) is 0 Å². The van der Waals surface area contributed by atoms with Gasteiger partial charge in [-0.2, -0.15) is 0 Å². The van der Waals surface area contributed by atoms with Crippen LogP contribution in [-0.4, -0.2) is 10.5 Å². The van der Waals surface area contributed by atoms with Crippen LogP contribution in [0.1, 0.15) is 6.42 Å². The maximum absolute atomic E-state index is 11.2. The van der Waals surface area contributed by atoms with Crippen molar-refractivity contribution in [3.63, 3.8) is 0 Å². The zero-order valence-electron chi connectivity index (χ0n) is 9.02. The predicted octanol–water partition coefficient (Wildman–Crippen LogP) is 1.72. The van der Waals surface area contributed by atoms with Gasteiger partial charge in [0.05, 0.1) is 6.42 Å². The third-order valence-electron chi connectivity index (χ3n) is 2.49. The Kier molecular flexibility index (Phi) is 3.78. The first-order chi connectivity index (χ1) is 8.22. The molecular formula is C11H12BrN3O2. The molecule has 0 atom stereocenters. The van der Waals surface area contributed by atoms with Gasteiger partial charge in [-0.15, -0.1) is 0 Å². The molecule has 0 saturated carbocycles. The van der Waals surface area contributed by atoms with Gasteiger partial charge in [0.1, 0.15) is 0 Å². The van der Waals surface area contributed by atoms with E-state index in [0.29, 0.717) is 6.54 Å². The normalized spacial score (nSPS) is 10.7. The van der Waals surface area contributed by atoms with E-state index in [0.717, 1.165) is 15.4 Å². The van der Waals surface area contributed by atoms with Crippen molar-refractivity contribution in [1.82, 2.24) is 10.2 Å². The predicted molar refractivity (Wildman–Crippen MR) is 67.7 cm³/mol. The fourth-order valence-electron chi connectivity index (χ4n) is 1.71. The van der Waals surface area contributed by atoms with Gasteiger partial charge in [-0.3, -0.25) is 4.79 Å². The van der Waals surface area contributed by atoms with E-state index in [9.17, 15) is 4.79 Å². The number of carbonyl (C=O) groups is 1. The van der Waals surface area contributed by atoms with Crippen LogP contribution in [0.5, 0.6) is 0 Å². The van der Waals surface area contributed by atoms with E-state index in [1.807, 2.05) is 40.6 Å². The third-order valence-corrected chi connectivity index (χ3v) is 3.18. The summed E-state index contributed by atoms with van der Waals surface area (Å²) in [6.45, 7) is 0.556. The van der Waals surface area contributed by atoms with E-state index in [-0.39, 0.29) is 12.4 Å². The number of rotatable bonds is 4. The Bertz CT molecular complexity index is 538. The van der Waals surface area contributed by atoms with Crippen LogP contribution >= 0.6 is 15.9 Å². The number of hydrazine groups is 1. The van der Waals surface area contributed by atoms with Gasteiger partial charge in [0.2, 0.25) is 0 Å². The van der Waals surface area contributed by atoms with Gasteiger partial charge < -0.3 is 9.40 Å². The zero-order chi connectivity index (χ0) is 12.3. The fourth-order valence-corrected chi connectivity index (χ4v) is 2.20. The molecule has 2 rings (SSSR count). The number of aryl methyl sites for hydroxylation is 1. The van der Waals surface area contributed by atoms with Gasteiger partial charge in [-0.05, 0) is 18.2 Å². The summed E-state index contributed by atoms with van der Waals surface area (Å²) in [5.74, 6) is 4.50. The number of halogens is 1. The molecule has 1 heterocycles. The van der Waals surface area contributed by atoms with Gasteiger partial charge in [0.15, 0.2) is 0 Å². The van der Waals surface area contributed by atoms with Crippen LogP contribution in [0, 0.1) is 0 Å². The maximum Gasteiger partial charge on any atom is 0.328 e. The fraction of sp³-hybridized carbons (Fsp3) is 0.182. The quantitative estimate of drug-likeness (QED) is 0.666. The van der Waals surface area contributed by atoms with Gasteiger partial charge in [-0.25, -0.2) is 5.84 Å². The van der Waals surface area contributed by atoms with Gasteiger partial charge in [0, 0.05) is 28.1 Å². The first kappa shape index (κ1) is 12.1. The van der Waals surface area contributed by atoms with Gasteiger partial charge >= 0.3 is 5.97 Å². The highest BCUT2D eigenvalue weighted by Crippen LogP contribution is 2.24. The number of hydrogen-bond acceptors (Lipinski definition) is 4. The second-order valence-corrected chi connectivity index (χ2v) is 4.38. The first-order valence-electron chi connectivity index (χ1n) is 5.11. The van der Waals surface area contributed by atoms with E-state index in [4.69, 9.17) is 5.84 Å². The topological polar surface area (TPSA) is 69.3 Å². The SMILES string of the molecule is NNOC(=O)CCn1ccc2c(Br)cccc21. The van der Waals surface area contributed by atoms with Crippen molar-refractivity contribution in [2.45, 2.75) is 13.0 Å². The molecule has 6 heteroatoms. The van der Waals surface area contributed by atoms with Crippen molar-refractivity contribution >= 4 is 32.8 Å². The molecular weight excluding hydrogens is 286 g/mol. The number of fused-ring (bicyclic) bond motifs is 1. The van der Waals surface area contributed by atoms with Crippen LogP contribution in [0.25, 0.3) is 10.9 Å². The molecule has 0 spiro atoms. The van der Waals surface area contributed by atoms with Gasteiger partial charge in [-0.1, -0.05) is 27.6 Å². The number of benzene rings is 1. The second kappa shape index (κ2) is 5.31. The minimum Gasteiger partial charge on any atom is -0.356 e. The first-order valence-corrected chi connectivity index (χ1v) is 5.90. The summed E-state index contributed by atoms with van der Waals surface area (Å²) < 4.78 is 3.04. The zero-order valence-corrected chi connectivity index (χ0v) is 10.6. The Labute approximate surface area is 107 Å². The molecule has 0 saturated heterocycles. The standard InChI is InChI=1S/C11H12BrN3O2/c12-9-2-1-3-10-8(9)4-6-15(10)7-5-11(16)17-14-13/h1-4,6,14H,5,7,13H2. The molecule has 0 unspecified atom stereocenters. The van der Waals surface area contributed by atoms with Crippen LogP contribution in [0.2, 0.25) is 0 Å². The molecule has 90 valence electrons. The summed E-state index contributed by atoms with van der Waals surface area (Å²) in [5, 5.41) is 1.12. The lowest BCUT2D eigenvalue weighted by molar-refractivity contribution is -0.151. The number of aromatic nitrogens is 1. The smallest absolute Gasteiger partial charge is 0.328 e. The summed E-state index contributed by atoms with van der Waals surface area (Å²) in [6.07, 6.45) is 2.21. The molecule has 0 amide bonds. The van der Waals surface area contributed by atoms with E-state index in [1.165, 1.54) is 0 Å². The molecule has 1 aromatic heterocycles. The summed E-state index contributed by atoms with van der Waals surface area (Å²) in [6, 6.07) is 7.96. The number of hydrogen-bond donors (Lipinski definition) is 2. The Hall–Kier alpha value is -1.37. The molecule has 0 aliphatic carbocycles. The van der Waals surface area contributed by atoms with Crippen LogP contribution < -0.4 is 11.4 Å². The van der Waals surface area contributed by atoms with Crippen molar-refractivity contribution in [3.8, 4) is 0 Å². The number of carbonyl (C=O) groups excluding carboxylic acids is 1. The third kappa shape index (κ3) is 2.66. The summed E-state index contributed by atoms with van der Waals surface area (Å²) >= 11 is 3.48. The minimum atomic E-state index is -0.385. The molecule has 1 aromatic carbocycles.